The van der Waals surface area contributed by atoms with E-state index < -0.39 is 15.7 Å². The molecule has 5 aromatic rings. The number of hydrogen-bond acceptors (Lipinski definition) is 4. The fourth-order valence-corrected chi connectivity index (χ4v) is 3.74. The number of nitrogens with zero attached hydrogens (tertiary/aromatic N) is 3. The molecule has 0 unspecified atom stereocenters. The molecule has 7 heteroatoms. The summed E-state index contributed by atoms with van der Waals surface area (Å²) in [5.41, 5.74) is 0.667. The Morgan fingerprint density at radius 3 is 2.59 bits per heavy atom. The normalized spacial score (nSPS) is 12.5. The van der Waals surface area contributed by atoms with E-state index >= 15 is 0 Å². The van der Waals surface area contributed by atoms with Crippen LogP contribution in [0.4, 0.5) is 4.39 Å². The largest absolute Gasteiger partial charge is 0.224 e. The van der Waals surface area contributed by atoms with E-state index in [1.807, 2.05) is 0 Å². The van der Waals surface area contributed by atoms with Gasteiger partial charge in [0.25, 0.3) is 0 Å². The number of rotatable bonds is 2. The molecule has 0 aliphatic heterocycles. The Bertz CT molecular complexity index is 1100. The number of sulfone groups is 1. The second kappa shape index (κ2) is 4.23. The van der Waals surface area contributed by atoms with Crippen LogP contribution in [-0.2, 0) is 9.84 Å². The van der Waals surface area contributed by atoms with Crippen molar-refractivity contribution in [2.75, 3.05) is 6.26 Å². The molecule has 4 aromatic carbocycles. The van der Waals surface area contributed by atoms with Crippen LogP contribution in [0.5, 0.6) is 0 Å². The molecule has 0 aliphatic carbocycles. The van der Waals surface area contributed by atoms with Crippen molar-refractivity contribution >= 4 is 31.4 Å². The average molecular weight is 315 g/mol. The summed E-state index contributed by atoms with van der Waals surface area (Å²) in [5.74, 6) is -0.425. The van der Waals surface area contributed by atoms with Crippen molar-refractivity contribution in [3.8, 4) is 5.69 Å². The van der Waals surface area contributed by atoms with Crippen LogP contribution in [-0.4, -0.2) is 29.7 Å². The molecule has 1 aromatic heterocycles. The SMILES string of the molecule is CS(=O)(=O)c1ccc(-n2ccnn2)c2c3ccc(c(F)c3)c12. The summed E-state index contributed by atoms with van der Waals surface area (Å²) >= 11 is 0. The molecule has 5 nitrogen and oxygen atoms in total. The summed E-state index contributed by atoms with van der Waals surface area (Å²) in [6.07, 6.45) is 4.31. The molecule has 0 saturated heterocycles. The first-order valence-electron chi connectivity index (χ1n) is 6.51. The summed E-state index contributed by atoms with van der Waals surface area (Å²) in [5, 5.41) is 9.68. The zero-order valence-electron chi connectivity index (χ0n) is 11.5. The molecule has 0 fully saturated rings. The highest BCUT2D eigenvalue weighted by atomic mass is 32.2. The lowest BCUT2D eigenvalue weighted by molar-refractivity contribution is 0.602. The zero-order valence-corrected chi connectivity index (χ0v) is 12.3. The summed E-state index contributed by atoms with van der Waals surface area (Å²) < 4.78 is 39.8. The number of halogens is 1. The Balaban J connectivity index is 2.28. The van der Waals surface area contributed by atoms with E-state index in [1.54, 1.807) is 29.1 Å². The summed E-state index contributed by atoms with van der Waals surface area (Å²) in [6.45, 7) is 0. The monoisotopic (exact) mass is 315 g/mol. The van der Waals surface area contributed by atoms with E-state index in [2.05, 4.69) is 10.3 Å². The smallest absolute Gasteiger partial charge is 0.176 e. The molecule has 0 spiro atoms. The van der Waals surface area contributed by atoms with Gasteiger partial charge in [-0.1, -0.05) is 17.3 Å². The van der Waals surface area contributed by atoms with Gasteiger partial charge in [0, 0.05) is 22.4 Å². The van der Waals surface area contributed by atoms with Gasteiger partial charge in [-0.05, 0) is 23.6 Å². The van der Waals surface area contributed by atoms with Crippen LogP contribution in [0.15, 0.2) is 47.6 Å². The van der Waals surface area contributed by atoms with Gasteiger partial charge in [0.2, 0.25) is 0 Å². The third kappa shape index (κ3) is 1.72. The molecule has 0 amide bonds. The predicted molar refractivity (Wildman–Crippen MR) is 80.6 cm³/mol. The van der Waals surface area contributed by atoms with E-state index in [4.69, 9.17) is 0 Å². The molecular weight excluding hydrogens is 305 g/mol. The molecule has 0 N–H and O–H groups in total. The lowest BCUT2D eigenvalue weighted by atomic mass is 9.97. The number of fused-ring (bicyclic) bond motifs is 2. The van der Waals surface area contributed by atoms with Crippen LogP contribution in [0.25, 0.3) is 27.2 Å². The Hall–Kier alpha value is -2.54. The Morgan fingerprint density at radius 1 is 1.14 bits per heavy atom. The number of benzene rings is 4. The highest BCUT2D eigenvalue weighted by molar-refractivity contribution is 7.91. The minimum Gasteiger partial charge on any atom is -0.224 e. The molecule has 110 valence electrons. The van der Waals surface area contributed by atoms with Crippen LogP contribution in [0.2, 0.25) is 0 Å². The van der Waals surface area contributed by atoms with Crippen molar-refractivity contribution in [2.24, 2.45) is 0 Å². The third-order valence-electron chi connectivity index (χ3n) is 3.74. The average Bonchev–Trinajstić information content (AvgIpc) is 2.99. The third-order valence-corrected chi connectivity index (χ3v) is 4.88. The molecular formula is C15H10FN3O2S. The van der Waals surface area contributed by atoms with E-state index in [0.717, 1.165) is 6.26 Å². The van der Waals surface area contributed by atoms with Crippen LogP contribution >= 0.6 is 0 Å². The Morgan fingerprint density at radius 2 is 1.95 bits per heavy atom. The number of hydrogen-bond donors (Lipinski definition) is 0. The summed E-state index contributed by atoms with van der Waals surface area (Å²) in [6, 6.07) is 7.93. The molecule has 0 aliphatic rings. The fourth-order valence-electron chi connectivity index (χ4n) is 2.84. The molecule has 0 radical (unpaired) electrons. The Labute approximate surface area is 125 Å². The van der Waals surface area contributed by atoms with Crippen LogP contribution in [0.1, 0.15) is 0 Å². The van der Waals surface area contributed by atoms with Gasteiger partial charge in [-0.15, -0.1) is 5.10 Å². The topological polar surface area (TPSA) is 64.8 Å². The number of aromatic nitrogens is 3. The predicted octanol–water partition coefficient (Wildman–Crippen LogP) is 2.55. The maximum Gasteiger partial charge on any atom is 0.176 e. The first-order valence-corrected chi connectivity index (χ1v) is 8.40. The van der Waals surface area contributed by atoms with Gasteiger partial charge < -0.3 is 0 Å². The van der Waals surface area contributed by atoms with Gasteiger partial charge >= 0.3 is 0 Å². The van der Waals surface area contributed by atoms with Crippen molar-refractivity contribution < 1.29 is 12.8 Å². The van der Waals surface area contributed by atoms with Crippen LogP contribution < -0.4 is 0 Å². The highest BCUT2D eigenvalue weighted by Gasteiger charge is 2.21. The van der Waals surface area contributed by atoms with Crippen molar-refractivity contribution in [3.05, 3.63) is 48.5 Å². The Kier molecular flexibility index (Phi) is 2.53. The quantitative estimate of drug-likeness (QED) is 0.570. The summed E-state index contributed by atoms with van der Waals surface area (Å²) in [7, 11) is -3.48. The van der Waals surface area contributed by atoms with E-state index in [-0.39, 0.29) is 10.3 Å². The van der Waals surface area contributed by atoms with E-state index in [0.29, 0.717) is 21.8 Å². The minimum absolute atomic E-state index is 0.117. The van der Waals surface area contributed by atoms with Crippen molar-refractivity contribution in [3.63, 3.8) is 0 Å². The van der Waals surface area contributed by atoms with Crippen molar-refractivity contribution in [2.45, 2.75) is 4.90 Å². The zero-order chi connectivity index (χ0) is 15.5. The second-order valence-electron chi connectivity index (χ2n) is 5.15. The molecule has 0 saturated carbocycles. The van der Waals surface area contributed by atoms with Crippen LogP contribution in [0, 0.1) is 5.82 Å². The second-order valence-corrected chi connectivity index (χ2v) is 7.13. The summed E-state index contributed by atoms with van der Waals surface area (Å²) in [4.78, 5) is 0.117. The maximum absolute atomic E-state index is 14.1. The molecule has 0 atom stereocenters. The lowest BCUT2D eigenvalue weighted by Crippen LogP contribution is -2.04. The first-order chi connectivity index (χ1) is 10.5. The maximum atomic E-state index is 14.1. The first kappa shape index (κ1) is 13.1. The van der Waals surface area contributed by atoms with Gasteiger partial charge in [0.15, 0.2) is 9.84 Å². The molecule has 5 rings (SSSR count). The van der Waals surface area contributed by atoms with Gasteiger partial charge in [-0.2, -0.15) is 0 Å². The van der Waals surface area contributed by atoms with E-state index in [9.17, 15) is 12.8 Å². The van der Waals surface area contributed by atoms with Crippen LogP contribution in [0.3, 0.4) is 0 Å². The van der Waals surface area contributed by atoms with Crippen molar-refractivity contribution in [1.82, 2.24) is 15.0 Å². The van der Waals surface area contributed by atoms with Gasteiger partial charge in [0.1, 0.15) is 5.82 Å². The van der Waals surface area contributed by atoms with Gasteiger partial charge in [-0.3, -0.25) is 0 Å². The highest BCUT2D eigenvalue weighted by Crippen LogP contribution is 2.38. The lowest BCUT2D eigenvalue weighted by Gasteiger charge is -2.15. The standard InChI is InChI=1S/C15H10FN3O2S/c1-22(20,21)13-5-4-12(19-7-6-17-18-19)14-9-2-3-10(15(13)14)11(16)8-9/h2-8H,1H3. The molecule has 2 bridgehead atoms. The fraction of sp³-hybridized carbons (Fsp3) is 0.0667. The molecule has 1 heterocycles. The van der Waals surface area contributed by atoms with Gasteiger partial charge in [-0.25, -0.2) is 17.5 Å². The van der Waals surface area contributed by atoms with Gasteiger partial charge in [0.05, 0.1) is 23.0 Å². The minimum atomic E-state index is -3.48. The molecule has 22 heavy (non-hydrogen) atoms. The van der Waals surface area contributed by atoms with E-state index in [1.165, 1.54) is 18.3 Å². The van der Waals surface area contributed by atoms with Crippen molar-refractivity contribution in [1.29, 1.82) is 0 Å².